The molecule has 0 atom stereocenters. The van der Waals surface area contributed by atoms with Crippen LogP contribution in [0.5, 0.6) is 0 Å². The van der Waals surface area contributed by atoms with Gasteiger partial charge in [0.2, 0.25) is 0 Å². The zero-order chi connectivity index (χ0) is 20.1. The highest BCUT2D eigenvalue weighted by molar-refractivity contribution is 7.92. The maximum atomic E-state index is 12.6. The van der Waals surface area contributed by atoms with Gasteiger partial charge < -0.3 is 5.32 Å². The molecule has 0 fully saturated rings. The average Bonchev–Trinajstić information content (AvgIpc) is 3.16. The number of Topliss-reactive ketones (excluding diaryl/α,β-unsaturated/α-hetero) is 1. The number of ketones is 1. The fourth-order valence-corrected chi connectivity index (χ4v) is 4.40. The van der Waals surface area contributed by atoms with Gasteiger partial charge in [-0.1, -0.05) is 25.1 Å². The predicted octanol–water partition coefficient (Wildman–Crippen LogP) is 4.39. The van der Waals surface area contributed by atoms with E-state index < -0.39 is 15.9 Å². The summed E-state index contributed by atoms with van der Waals surface area (Å²) in [4.78, 5) is 24.6. The number of nitrogens with one attached hydrogen (secondary N) is 2. The van der Waals surface area contributed by atoms with Crippen LogP contribution in [-0.2, 0) is 10.0 Å². The lowest BCUT2D eigenvalue weighted by atomic mass is 10.1. The smallest absolute Gasteiger partial charge is 0.267 e. The number of carbonyl (C=O) groups is 2. The topological polar surface area (TPSA) is 92.3 Å². The van der Waals surface area contributed by atoms with Crippen LogP contribution in [0, 0.1) is 0 Å². The molecule has 0 aliphatic carbocycles. The first-order valence-electron chi connectivity index (χ1n) is 8.50. The van der Waals surface area contributed by atoms with Gasteiger partial charge in [-0.3, -0.25) is 14.3 Å². The summed E-state index contributed by atoms with van der Waals surface area (Å²) in [6, 6.07) is 16.1. The molecule has 144 valence electrons. The monoisotopic (exact) mass is 414 g/mol. The van der Waals surface area contributed by atoms with E-state index in [0.717, 1.165) is 11.3 Å². The summed E-state index contributed by atoms with van der Waals surface area (Å²) in [5, 5.41) is 4.36. The number of anilines is 2. The number of amides is 1. The lowest BCUT2D eigenvalue weighted by Crippen LogP contribution is -2.17. The van der Waals surface area contributed by atoms with Crippen LogP contribution in [-0.4, -0.2) is 20.1 Å². The first kappa shape index (κ1) is 19.8. The van der Waals surface area contributed by atoms with Crippen molar-refractivity contribution in [2.45, 2.75) is 18.2 Å². The van der Waals surface area contributed by atoms with Gasteiger partial charge in [0.25, 0.3) is 15.9 Å². The van der Waals surface area contributed by atoms with Gasteiger partial charge in [0.05, 0.1) is 10.6 Å². The summed E-state index contributed by atoms with van der Waals surface area (Å²) in [7, 11) is -3.79. The Bertz CT molecular complexity index is 1090. The Hall–Kier alpha value is -2.97. The predicted molar refractivity (Wildman–Crippen MR) is 111 cm³/mol. The van der Waals surface area contributed by atoms with Gasteiger partial charge in [0.1, 0.15) is 4.88 Å². The van der Waals surface area contributed by atoms with Gasteiger partial charge in [-0.15, -0.1) is 11.3 Å². The van der Waals surface area contributed by atoms with Crippen molar-refractivity contribution >= 4 is 44.4 Å². The normalized spacial score (nSPS) is 11.0. The number of hydrogen-bond acceptors (Lipinski definition) is 5. The molecule has 8 heteroatoms. The van der Waals surface area contributed by atoms with E-state index in [1.807, 2.05) is 0 Å². The fraction of sp³-hybridized carbons (Fsp3) is 0.100. The maximum Gasteiger partial charge on any atom is 0.267 e. The average molecular weight is 415 g/mol. The Morgan fingerprint density at radius 3 is 2.29 bits per heavy atom. The minimum atomic E-state index is -3.79. The molecule has 0 aliphatic heterocycles. The van der Waals surface area contributed by atoms with Crippen molar-refractivity contribution in [2.24, 2.45) is 0 Å². The van der Waals surface area contributed by atoms with Crippen molar-refractivity contribution in [3.05, 3.63) is 76.5 Å². The minimum Gasteiger partial charge on any atom is -0.321 e. The Labute approximate surface area is 167 Å². The Morgan fingerprint density at radius 2 is 1.64 bits per heavy atom. The van der Waals surface area contributed by atoms with E-state index in [4.69, 9.17) is 0 Å². The Kier molecular flexibility index (Phi) is 5.91. The summed E-state index contributed by atoms with van der Waals surface area (Å²) in [5.74, 6) is -0.413. The molecule has 1 heterocycles. The molecular formula is C20H18N2O4S2. The lowest BCUT2D eigenvalue weighted by molar-refractivity contribution is 0.0987. The summed E-state index contributed by atoms with van der Waals surface area (Å²) in [6.07, 6.45) is 0.409. The van der Waals surface area contributed by atoms with Crippen LogP contribution in [0.3, 0.4) is 0 Å². The molecule has 0 saturated heterocycles. The van der Waals surface area contributed by atoms with Crippen molar-refractivity contribution in [1.82, 2.24) is 0 Å². The van der Waals surface area contributed by atoms with Crippen LogP contribution in [0.4, 0.5) is 11.4 Å². The molecule has 0 bridgehead atoms. The van der Waals surface area contributed by atoms with Crippen LogP contribution in [0.25, 0.3) is 0 Å². The van der Waals surface area contributed by atoms with E-state index in [1.165, 1.54) is 12.1 Å². The van der Waals surface area contributed by atoms with Crippen molar-refractivity contribution in [3.8, 4) is 0 Å². The second-order valence-electron chi connectivity index (χ2n) is 5.89. The zero-order valence-corrected chi connectivity index (χ0v) is 16.6. The zero-order valence-electron chi connectivity index (χ0n) is 15.0. The van der Waals surface area contributed by atoms with Gasteiger partial charge in [-0.2, -0.15) is 0 Å². The molecule has 6 nitrogen and oxygen atoms in total. The number of rotatable bonds is 7. The highest BCUT2D eigenvalue weighted by atomic mass is 32.2. The molecule has 2 N–H and O–H groups in total. The third kappa shape index (κ3) is 4.47. The van der Waals surface area contributed by atoms with Crippen molar-refractivity contribution in [1.29, 1.82) is 0 Å². The van der Waals surface area contributed by atoms with E-state index in [9.17, 15) is 18.0 Å². The molecule has 1 aromatic heterocycles. The minimum absolute atomic E-state index is 0.0220. The van der Waals surface area contributed by atoms with E-state index in [1.54, 1.807) is 60.8 Å². The number of sulfonamides is 1. The fourth-order valence-electron chi connectivity index (χ4n) is 2.50. The molecule has 28 heavy (non-hydrogen) atoms. The quantitative estimate of drug-likeness (QED) is 0.561. The Balaban J connectivity index is 1.76. The van der Waals surface area contributed by atoms with Gasteiger partial charge in [-0.05, 0) is 47.8 Å². The van der Waals surface area contributed by atoms with Crippen LogP contribution in [0.1, 0.15) is 33.4 Å². The first-order chi connectivity index (χ1) is 13.4. The molecule has 0 spiro atoms. The standard InChI is InChI=1S/C20H18N2O4S2/c1-2-18(23)14-8-10-15(11-9-14)21-20(24)19-17(12-13-27-19)22-28(25,26)16-6-4-3-5-7-16/h3-13,22H,2H2,1H3,(H,21,24). The van der Waals surface area contributed by atoms with Gasteiger partial charge >= 0.3 is 0 Å². The highest BCUT2D eigenvalue weighted by Gasteiger charge is 2.20. The number of carbonyl (C=O) groups excluding carboxylic acids is 2. The van der Waals surface area contributed by atoms with Gasteiger partial charge in [-0.25, -0.2) is 8.42 Å². The second kappa shape index (κ2) is 8.37. The summed E-state index contributed by atoms with van der Waals surface area (Å²) < 4.78 is 27.4. The van der Waals surface area contributed by atoms with Crippen LogP contribution in [0.2, 0.25) is 0 Å². The number of thiophene rings is 1. The molecular weight excluding hydrogens is 396 g/mol. The Morgan fingerprint density at radius 1 is 0.964 bits per heavy atom. The third-order valence-electron chi connectivity index (χ3n) is 3.96. The third-order valence-corrected chi connectivity index (χ3v) is 6.25. The lowest BCUT2D eigenvalue weighted by Gasteiger charge is -2.10. The van der Waals surface area contributed by atoms with E-state index in [-0.39, 0.29) is 21.2 Å². The molecule has 3 aromatic rings. The molecule has 0 saturated carbocycles. The molecule has 0 radical (unpaired) electrons. The van der Waals surface area contributed by atoms with E-state index in [0.29, 0.717) is 17.7 Å². The number of hydrogen-bond donors (Lipinski definition) is 2. The van der Waals surface area contributed by atoms with Gasteiger partial charge in [0, 0.05) is 17.7 Å². The van der Waals surface area contributed by atoms with Gasteiger partial charge in [0.15, 0.2) is 5.78 Å². The van der Waals surface area contributed by atoms with E-state index in [2.05, 4.69) is 10.0 Å². The van der Waals surface area contributed by atoms with E-state index >= 15 is 0 Å². The molecule has 0 aliphatic rings. The summed E-state index contributed by atoms with van der Waals surface area (Å²) in [5.41, 5.74) is 1.31. The first-order valence-corrected chi connectivity index (χ1v) is 10.9. The van der Waals surface area contributed by atoms with Crippen molar-refractivity contribution in [2.75, 3.05) is 10.0 Å². The molecule has 1 amide bonds. The van der Waals surface area contributed by atoms with Crippen molar-refractivity contribution in [3.63, 3.8) is 0 Å². The second-order valence-corrected chi connectivity index (χ2v) is 8.49. The number of benzene rings is 2. The molecule has 3 rings (SSSR count). The van der Waals surface area contributed by atoms with Crippen LogP contribution >= 0.6 is 11.3 Å². The van der Waals surface area contributed by atoms with Crippen LogP contribution in [0.15, 0.2) is 70.9 Å². The molecule has 0 unspecified atom stereocenters. The largest absolute Gasteiger partial charge is 0.321 e. The van der Waals surface area contributed by atoms with Crippen molar-refractivity contribution < 1.29 is 18.0 Å². The summed E-state index contributed by atoms with van der Waals surface area (Å²) >= 11 is 1.13. The SMILES string of the molecule is CCC(=O)c1ccc(NC(=O)c2sccc2NS(=O)(=O)c2ccccc2)cc1. The highest BCUT2D eigenvalue weighted by Crippen LogP contribution is 2.26. The summed E-state index contributed by atoms with van der Waals surface area (Å²) in [6.45, 7) is 1.78. The molecule has 2 aromatic carbocycles. The van der Waals surface area contributed by atoms with Crippen LogP contribution < -0.4 is 10.0 Å². The maximum absolute atomic E-state index is 12.6.